The highest BCUT2D eigenvalue weighted by molar-refractivity contribution is 5.81. The number of likely N-dealkylation sites (tertiary alicyclic amines) is 1. The van der Waals surface area contributed by atoms with Gasteiger partial charge in [-0.1, -0.05) is 20.3 Å². The minimum atomic E-state index is -0.131. The van der Waals surface area contributed by atoms with Crippen LogP contribution in [0.15, 0.2) is 0 Å². The van der Waals surface area contributed by atoms with Gasteiger partial charge >= 0.3 is 0 Å². The van der Waals surface area contributed by atoms with E-state index in [0.29, 0.717) is 5.92 Å². The SMILES string of the molecule is CCCCNC(=O)C(C)N1CCC(C)C1CO. The van der Waals surface area contributed by atoms with Crippen molar-refractivity contribution in [2.75, 3.05) is 19.7 Å². The molecule has 0 aliphatic carbocycles. The second-order valence-corrected chi connectivity index (χ2v) is 5.07. The molecule has 1 saturated heterocycles. The lowest BCUT2D eigenvalue weighted by Gasteiger charge is -2.30. The van der Waals surface area contributed by atoms with Crippen molar-refractivity contribution in [3.63, 3.8) is 0 Å². The Morgan fingerprint density at radius 2 is 2.29 bits per heavy atom. The van der Waals surface area contributed by atoms with Gasteiger partial charge in [-0.2, -0.15) is 0 Å². The fourth-order valence-electron chi connectivity index (χ4n) is 2.49. The van der Waals surface area contributed by atoms with Gasteiger partial charge in [0.1, 0.15) is 0 Å². The summed E-state index contributed by atoms with van der Waals surface area (Å²) in [5.41, 5.74) is 0. The molecule has 0 radical (unpaired) electrons. The Bertz CT molecular complexity index is 246. The van der Waals surface area contributed by atoms with E-state index in [0.717, 1.165) is 32.4 Å². The quantitative estimate of drug-likeness (QED) is 0.683. The zero-order chi connectivity index (χ0) is 12.8. The Hall–Kier alpha value is -0.610. The van der Waals surface area contributed by atoms with Gasteiger partial charge in [-0.15, -0.1) is 0 Å². The Morgan fingerprint density at radius 3 is 2.88 bits per heavy atom. The number of nitrogens with one attached hydrogen (secondary N) is 1. The summed E-state index contributed by atoms with van der Waals surface area (Å²) in [4.78, 5) is 14.1. The van der Waals surface area contributed by atoms with E-state index >= 15 is 0 Å². The highest BCUT2D eigenvalue weighted by atomic mass is 16.3. The number of hydrogen-bond acceptors (Lipinski definition) is 3. The van der Waals surface area contributed by atoms with E-state index in [2.05, 4.69) is 24.1 Å². The topological polar surface area (TPSA) is 52.6 Å². The molecular weight excluding hydrogens is 216 g/mol. The number of rotatable bonds is 6. The average Bonchev–Trinajstić information content (AvgIpc) is 2.69. The molecule has 4 nitrogen and oxygen atoms in total. The average molecular weight is 242 g/mol. The zero-order valence-corrected chi connectivity index (χ0v) is 11.3. The van der Waals surface area contributed by atoms with Crippen molar-refractivity contribution in [1.82, 2.24) is 10.2 Å². The van der Waals surface area contributed by atoms with E-state index in [9.17, 15) is 9.90 Å². The molecule has 1 amide bonds. The van der Waals surface area contributed by atoms with Crippen LogP contribution in [0.25, 0.3) is 0 Å². The Balaban J connectivity index is 2.45. The number of carbonyl (C=O) groups is 1. The summed E-state index contributed by atoms with van der Waals surface area (Å²) in [5, 5.41) is 12.3. The number of aliphatic hydroxyl groups excluding tert-OH is 1. The first kappa shape index (κ1) is 14.5. The predicted molar refractivity (Wildman–Crippen MR) is 68.7 cm³/mol. The van der Waals surface area contributed by atoms with Gasteiger partial charge in [-0.3, -0.25) is 9.69 Å². The highest BCUT2D eigenvalue weighted by Gasteiger charge is 2.35. The predicted octanol–water partition coefficient (Wildman–Crippen LogP) is 0.994. The van der Waals surface area contributed by atoms with E-state index < -0.39 is 0 Å². The van der Waals surface area contributed by atoms with Crippen LogP contribution >= 0.6 is 0 Å². The molecule has 4 heteroatoms. The molecule has 0 aromatic rings. The van der Waals surface area contributed by atoms with E-state index in [1.54, 1.807) is 0 Å². The number of hydrogen-bond donors (Lipinski definition) is 2. The summed E-state index contributed by atoms with van der Waals surface area (Å²) >= 11 is 0. The number of nitrogens with zero attached hydrogens (tertiary/aromatic N) is 1. The van der Waals surface area contributed by atoms with Crippen LogP contribution in [0.2, 0.25) is 0 Å². The van der Waals surface area contributed by atoms with Gasteiger partial charge in [0.25, 0.3) is 0 Å². The number of carbonyl (C=O) groups excluding carboxylic acids is 1. The van der Waals surface area contributed by atoms with Crippen molar-refractivity contribution in [3.05, 3.63) is 0 Å². The van der Waals surface area contributed by atoms with E-state index in [1.807, 2.05) is 6.92 Å². The van der Waals surface area contributed by atoms with E-state index in [-0.39, 0.29) is 24.6 Å². The van der Waals surface area contributed by atoms with Gasteiger partial charge in [-0.05, 0) is 32.2 Å². The third kappa shape index (κ3) is 3.68. The fourth-order valence-corrected chi connectivity index (χ4v) is 2.49. The molecule has 1 aliphatic heterocycles. The maximum absolute atomic E-state index is 11.9. The molecule has 1 aliphatic rings. The van der Waals surface area contributed by atoms with Crippen molar-refractivity contribution in [2.24, 2.45) is 5.92 Å². The zero-order valence-electron chi connectivity index (χ0n) is 11.3. The van der Waals surface area contributed by atoms with Gasteiger partial charge in [0.15, 0.2) is 0 Å². The van der Waals surface area contributed by atoms with Crippen LogP contribution in [-0.4, -0.2) is 47.7 Å². The van der Waals surface area contributed by atoms with Crippen LogP contribution in [0.4, 0.5) is 0 Å². The number of aliphatic hydroxyl groups is 1. The van der Waals surface area contributed by atoms with E-state index in [4.69, 9.17) is 0 Å². The molecule has 0 saturated carbocycles. The molecule has 0 aromatic carbocycles. The molecule has 0 bridgehead atoms. The van der Waals surface area contributed by atoms with Gasteiger partial charge in [0.05, 0.1) is 12.6 Å². The molecule has 17 heavy (non-hydrogen) atoms. The molecule has 0 aromatic heterocycles. The van der Waals surface area contributed by atoms with Crippen LogP contribution in [0.3, 0.4) is 0 Å². The summed E-state index contributed by atoms with van der Waals surface area (Å²) in [7, 11) is 0. The van der Waals surface area contributed by atoms with Crippen molar-refractivity contribution in [2.45, 2.75) is 52.1 Å². The lowest BCUT2D eigenvalue weighted by atomic mass is 10.0. The summed E-state index contributed by atoms with van der Waals surface area (Å²) in [6.07, 6.45) is 3.19. The fraction of sp³-hybridized carbons (Fsp3) is 0.923. The van der Waals surface area contributed by atoms with Crippen LogP contribution in [0.5, 0.6) is 0 Å². The summed E-state index contributed by atoms with van der Waals surface area (Å²) in [5.74, 6) is 0.567. The van der Waals surface area contributed by atoms with Crippen LogP contribution in [-0.2, 0) is 4.79 Å². The Labute approximate surface area is 104 Å². The van der Waals surface area contributed by atoms with Crippen molar-refractivity contribution < 1.29 is 9.90 Å². The molecule has 3 unspecified atom stereocenters. The summed E-state index contributed by atoms with van der Waals surface area (Å²) < 4.78 is 0. The second-order valence-electron chi connectivity index (χ2n) is 5.07. The largest absolute Gasteiger partial charge is 0.395 e. The third-order valence-electron chi connectivity index (χ3n) is 3.82. The minimum absolute atomic E-state index is 0.0889. The van der Waals surface area contributed by atoms with Crippen molar-refractivity contribution in [1.29, 1.82) is 0 Å². The van der Waals surface area contributed by atoms with Gasteiger partial charge in [0.2, 0.25) is 5.91 Å². The lowest BCUT2D eigenvalue weighted by molar-refractivity contribution is -0.126. The molecular formula is C13H26N2O2. The van der Waals surface area contributed by atoms with Crippen LogP contribution in [0, 0.1) is 5.92 Å². The highest BCUT2D eigenvalue weighted by Crippen LogP contribution is 2.25. The second kappa shape index (κ2) is 6.97. The first-order valence-corrected chi connectivity index (χ1v) is 6.76. The first-order chi connectivity index (χ1) is 8.11. The number of unbranched alkanes of at least 4 members (excludes halogenated alkanes) is 1. The Kier molecular flexibility index (Phi) is 5.92. The molecule has 2 N–H and O–H groups in total. The standard InChI is InChI=1S/C13H26N2O2/c1-4-5-7-14-13(17)11(3)15-8-6-10(2)12(15)9-16/h10-12,16H,4-9H2,1-3H3,(H,14,17). The van der Waals surface area contributed by atoms with Gasteiger partial charge < -0.3 is 10.4 Å². The monoisotopic (exact) mass is 242 g/mol. The lowest BCUT2D eigenvalue weighted by Crippen LogP contribution is -2.49. The molecule has 1 fully saturated rings. The van der Waals surface area contributed by atoms with Gasteiger partial charge in [-0.25, -0.2) is 0 Å². The Morgan fingerprint density at radius 1 is 1.59 bits per heavy atom. The smallest absolute Gasteiger partial charge is 0.237 e. The molecule has 100 valence electrons. The van der Waals surface area contributed by atoms with Crippen LogP contribution < -0.4 is 5.32 Å². The minimum Gasteiger partial charge on any atom is -0.395 e. The summed E-state index contributed by atoms with van der Waals surface area (Å²) in [6.45, 7) is 8.00. The van der Waals surface area contributed by atoms with Crippen molar-refractivity contribution in [3.8, 4) is 0 Å². The molecule has 1 rings (SSSR count). The number of amides is 1. The van der Waals surface area contributed by atoms with Crippen molar-refractivity contribution >= 4 is 5.91 Å². The maximum Gasteiger partial charge on any atom is 0.237 e. The van der Waals surface area contributed by atoms with Crippen LogP contribution in [0.1, 0.15) is 40.0 Å². The molecule has 0 spiro atoms. The maximum atomic E-state index is 11.9. The van der Waals surface area contributed by atoms with Gasteiger partial charge in [0, 0.05) is 12.6 Å². The normalized spacial score (nSPS) is 27.1. The molecule has 3 atom stereocenters. The van der Waals surface area contributed by atoms with E-state index in [1.165, 1.54) is 0 Å². The first-order valence-electron chi connectivity index (χ1n) is 6.76. The molecule has 1 heterocycles. The third-order valence-corrected chi connectivity index (χ3v) is 3.82. The summed E-state index contributed by atoms with van der Waals surface area (Å²) in [6, 6.07) is 0.0101.